The van der Waals surface area contributed by atoms with Crippen LogP contribution in [0.2, 0.25) is 0 Å². The normalized spacial score (nSPS) is 22.0. The van der Waals surface area contributed by atoms with Crippen LogP contribution in [0.1, 0.15) is 42.7 Å². The number of hydrogen-bond donors (Lipinski definition) is 1. The summed E-state index contributed by atoms with van der Waals surface area (Å²) < 4.78 is 13.8. The highest BCUT2D eigenvalue weighted by molar-refractivity contribution is 5.48. The van der Waals surface area contributed by atoms with Gasteiger partial charge in [-0.15, -0.1) is 0 Å². The molecule has 0 bridgehead atoms. The van der Waals surface area contributed by atoms with Gasteiger partial charge in [0.1, 0.15) is 5.82 Å². The minimum Gasteiger partial charge on any atom is -0.380 e. The fraction of sp³-hybridized carbons (Fsp3) is 0.368. The van der Waals surface area contributed by atoms with E-state index in [1.54, 1.807) is 6.07 Å². The van der Waals surface area contributed by atoms with Gasteiger partial charge >= 0.3 is 0 Å². The van der Waals surface area contributed by atoms with E-state index in [4.69, 9.17) is 0 Å². The van der Waals surface area contributed by atoms with Crippen LogP contribution in [-0.2, 0) is 0 Å². The van der Waals surface area contributed by atoms with Gasteiger partial charge in [0, 0.05) is 6.04 Å². The molecule has 2 aromatic carbocycles. The summed E-state index contributed by atoms with van der Waals surface area (Å²) in [5.74, 6) is 0.511. The summed E-state index contributed by atoms with van der Waals surface area (Å²) in [4.78, 5) is 0. The van der Waals surface area contributed by atoms with E-state index in [1.165, 1.54) is 18.4 Å². The average Bonchev–Trinajstić information content (AvgIpc) is 2.53. The molecule has 0 amide bonds. The second kappa shape index (κ2) is 6.30. The molecule has 0 unspecified atom stereocenters. The molecule has 1 fully saturated rings. The standard InChI is InChI=1S/C19H22FN/c1-14-7-12-18(20)19(13-14)21-17-10-8-16(9-11-17)15-5-3-2-4-6-15/h2-7,12-13,16-17,21H,8-11H2,1H3. The first-order chi connectivity index (χ1) is 10.2. The molecule has 0 spiro atoms. The summed E-state index contributed by atoms with van der Waals surface area (Å²) in [6, 6.07) is 16.4. The molecule has 0 aliphatic heterocycles. The van der Waals surface area contributed by atoms with Gasteiger partial charge in [0.2, 0.25) is 0 Å². The maximum absolute atomic E-state index is 13.8. The molecule has 1 aliphatic carbocycles. The Labute approximate surface area is 126 Å². The topological polar surface area (TPSA) is 12.0 Å². The first-order valence-corrected chi connectivity index (χ1v) is 7.80. The second-order valence-electron chi connectivity index (χ2n) is 6.09. The van der Waals surface area contributed by atoms with Gasteiger partial charge in [0.05, 0.1) is 5.69 Å². The van der Waals surface area contributed by atoms with Crippen molar-refractivity contribution < 1.29 is 4.39 Å². The van der Waals surface area contributed by atoms with E-state index in [0.29, 0.717) is 17.6 Å². The fourth-order valence-electron chi connectivity index (χ4n) is 3.27. The largest absolute Gasteiger partial charge is 0.380 e. The van der Waals surface area contributed by atoms with Crippen LogP contribution in [0.4, 0.5) is 10.1 Å². The Morgan fingerprint density at radius 3 is 2.38 bits per heavy atom. The lowest BCUT2D eigenvalue weighted by molar-refractivity contribution is 0.411. The maximum atomic E-state index is 13.8. The minimum absolute atomic E-state index is 0.147. The Kier molecular flexibility index (Phi) is 4.23. The molecule has 1 saturated carbocycles. The maximum Gasteiger partial charge on any atom is 0.146 e. The third kappa shape index (κ3) is 3.44. The van der Waals surface area contributed by atoms with E-state index < -0.39 is 0 Å². The molecule has 1 N–H and O–H groups in total. The molecule has 0 atom stereocenters. The lowest BCUT2D eigenvalue weighted by atomic mass is 9.81. The van der Waals surface area contributed by atoms with Crippen LogP contribution in [0, 0.1) is 12.7 Å². The Morgan fingerprint density at radius 2 is 1.67 bits per heavy atom. The number of rotatable bonds is 3. The molecule has 110 valence electrons. The number of aryl methyl sites for hydroxylation is 1. The van der Waals surface area contributed by atoms with Crippen LogP contribution >= 0.6 is 0 Å². The molecule has 0 saturated heterocycles. The Bertz CT molecular complexity index is 586. The monoisotopic (exact) mass is 283 g/mol. The van der Waals surface area contributed by atoms with Crippen LogP contribution in [0.3, 0.4) is 0 Å². The first kappa shape index (κ1) is 14.1. The van der Waals surface area contributed by atoms with Crippen LogP contribution in [0.15, 0.2) is 48.5 Å². The molecule has 0 heterocycles. The summed E-state index contributed by atoms with van der Waals surface area (Å²) in [6.07, 6.45) is 4.56. The summed E-state index contributed by atoms with van der Waals surface area (Å²) in [5.41, 5.74) is 3.19. The highest BCUT2D eigenvalue weighted by atomic mass is 19.1. The van der Waals surface area contributed by atoms with E-state index >= 15 is 0 Å². The Morgan fingerprint density at radius 1 is 0.952 bits per heavy atom. The van der Waals surface area contributed by atoms with E-state index in [9.17, 15) is 4.39 Å². The van der Waals surface area contributed by atoms with E-state index in [2.05, 4.69) is 35.6 Å². The van der Waals surface area contributed by atoms with Crippen LogP contribution in [-0.4, -0.2) is 6.04 Å². The zero-order valence-corrected chi connectivity index (χ0v) is 12.5. The van der Waals surface area contributed by atoms with Crippen molar-refractivity contribution >= 4 is 5.69 Å². The summed E-state index contributed by atoms with van der Waals surface area (Å²) >= 11 is 0. The molecule has 0 radical (unpaired) electrons. The van der Waals surface area contributed by atoms with Crippen molar-refractivity contribution in [1.29, 1.82) is 0 Å². The smallest absolute Gasteiger partial charge is 0.146 e. The summed E-state index contributed by atoms with van der Waals surface area (Å²) in [6.45, 7) is 2.00. The molecule has 1 nitrogen and oxygen atoms in total. The lowest BCUT2D eigenvalue weighted by Gasteiger charge is -2.30. The summed E-state index contributed by atoms with van der Waals surface area (Å²) in [5, 5.41) is 3.39. The highest BCUT2D eigenvalue weighted by Gasteiger charge is 2.22. The molecule has 21 heavy (non-hydrogen) atoms. The van der Waals surface area contributed by atoms with E-state index in [-0.39, 0.29) is 5.82 Å². The van der Waals surface area contributed by atoms with Crippen molar-refractivity contribution in [2.45, 2.75) is 44.6 Å². The van der Waals surface area contributed by atoms with Crippen molar-refractivity contribution in [3.05, 3.63) is 65.5 Å². The zero-order valence-electron chi connectivity index (χ0n) is 12.5. The summed E-state index contributed by atoms with van der Waals surface area (Å²) in [7, 11) is 0. The van der Waals surface area contributed by atoms with Gasteiger partial charge in [0.25, 0.3) is 0 Å². The fourth-order valence-corrected chi connectivity index (χ4v) is 3.27. The lowest BCUT2D eigenvalue weighted by Crippen LogP contribution is -2.25. The molecule has 3 rings (SSSR count). The SMILES string of the molecule is Cc1ccc(F)c(NC2CCC(c3ccccc3)CC2)c1. The highest BCUT2D eigenvalue weighted by Crippen LogP contribution is 2.34. The predicted octanol–water partition coefficient (Wildman–Crippen LogP) is 5.27. The molecule has 1 aliphatic rings. The minimum atomic E-state index is -0.147. The third-order valence-corrected chi connectivity index (χ3v) is 4.48. The van der Waals surface area contributed by atoms with Gasteiger partial charge in [0.15, 0.2) is 0 Å². The number of benzene rings is 2. The van der Waals surface area contributed by atoms with E-state index in [1.807, 2.05) is 19.1 Å². The third-order valence-electron chi connectivity index (χ3n) is 4.48. The van der Waals surface area contributed by atoms with E-state index in [0.717, 1.165) is 18.4 Å². The number of halogens is 1. The van der Waals surface area contributed by atoms with Crippen LogP contribution < -0.4 is 5.32 Å². The average molecular weight is 283 g/mol. The van der Waals surface area contributed by atoms with Crippen molar-refractivity contribution in [1.82, 2.24) is 0 Å². The first-order valence-electron chi connectivity index (χ1n) is 7.80. The molecule has 2 aromatic rings. The van der Waals surface area contributed by atoms with Gasteiger partial charge < -0.3 is 5.32 Å². The zero-order chi connectivity index (χ0) is 14.7. The number of nitrogens with one attached hydrogen (secondary N) is 1. The quantitative estimate of drug-likeness (QED) is 0.809. The van der Waals surface area contributed by atoms with Gasteiger partial charge in [-0.05, 0) is 61.8 Å². The predicted molar refractivity (Wildman–Crippen MR) is 86.2 cm³/mol. The van der Waals surface area contributed by atoms with Gasteiger partial charge in [-0.3, -0.25) is 0 Å². The van der Waals surface area contributed by atoms with Crippen LogP contribution in [0.5, 0.6) is 0 Å². The van der Waals surface area contributed by atoms with Crippen molar-refractivity contribution in [3.8, 4) is 0 Å². The molecule has 0 aromatic heterocycles. The van der Waals surface area contributed by atoms with Crippen molar-refractivity contribution in [2.75, 3.05) is 5.32 Å². The van der Waals surface area contributed by atoms with Crippen molar-refractivity contribution in [3.63, 3.8) is 0 Å². The van der Waals surface area contributed by atoms with Gasteiger partial charge in [-0.1, -0.05) is 36.4 Å². The molecule has 2 heteroatoms. The number of anilines is 1. The van der Waals surface area contributed by atoms with Crippen LogP contribution in [0.25, 0.3) is 0 Å². The Hall–Kier alpha value is -1.83. The van der Waals surface area contributed by atoms with Gasteiger partial charge in [-0.2, -0.15) is 0 Å². The van der Waals surface area contributed by atoms with Crippen molar-refractivity contribution in [2.24, 2.45) is 0 Å². The molecular formula is C19H22FN. The molecular weight excluding hydrogens is 261 g/mol. The van der Waals surface area contributed by atoms with Gasteiger partial charge in [-0.25, -0.2) is 4.39 Å². The Balaban J connectivity index is 1.60. The number of hydrogen-bond acceptors (Lipinski definition) is 1. The second-order valence-corrected chi connectivity index (χ2v) is 6.09.